The maximum absolute atomic E-state index is 6.62. The fourth-order valence-corrected chi connectivity index (χ4v) is 8.00. The largest absolute Gasteiger partial charge is 0.454 e. The first kappa shape index (κ1) is 24.6. The molecule has 0 N–H and O–H groups in total. The van der Waals surface area contributed by atoms with Gasteiger partial charge in [0.1, 0.15) is 5.58 Å². The number of aromatic nitrogens is 3. The van der Waals surface area contributed by atoms with Crippen LogP contribution >= 0.6 is 11.3 Å². The second kappa shape index (κ2) is 9.36. The third-order valence-corrected chi connectivity index (χ3v) is 10.00. The van der Waals surface area contributed by atoms with E-state index in [-0.39, 0.29) is 0 Å². The monoisotopic (exact) mass is 593 g/mol. The van der Waals surface area contributed by atoms with Crippen LogP contribution in [0.2, 0.25) is 0 Å². The molecule has 0 unspecified atom stereocenters. The highest BCUT2D eigenvalue weighted by atomic mass is 32.1. The lowest BCUT2D eigenvalue weighted by Gasteiger charge is -2.14. The highest BCUT2D eigenvalue weighted by molar-refractivity contribution is 7.26. The minimum absolute atomic E-state index is 0.697. The number of rotatable bonds is 3. The van der Waals surface area contributed by atoms with Gasteiger partial charge in [-0.2, -0.15) is 0 Å². The molecular weight excluding hydrogens is 571 g/mol. The van der Waals surface area contributed by atoms with Crippen molar-refractivity contribution in [1.82, 2.24) is 14.5 Å². The maximum atomic E-state index is 6.62. The topological polar surface area (TPSA) is 43.9 Å². The fourth-order valence-electron chi connectivity index (χ4n) is 6.84. The molecule has 0 spiro atoms. The first-order valence-corrected chi connectivity index (χ1v) is 15.8. The predicted octanol–water partition coefficient (Wildman–Crippen LogP) is 11.2. The van der Waals surface area contributed by atoms with Crippen molar-refractivity contribution in [3.05, 3.63) is 140 Å². The molecule has 0 bridgehead atoms. The quantitative estimate of drug-likeness (QED) is 0.205. The smallest absolute Gasteiger partial charge is 0.162 e. The van der Waals surface area contributed by atoms with Crippen LogP contribution in [0.5, 0.6) is 0 Å². The number of fused-ring (bicyclic) bond motifs is 10. The van der Waals surface area contributed by atoms with E-state index in [9.17, 15) is 0 Å². The van der Waals surface area contributed by atoms with E-state index >= 15 is 0 Å². The first-order valence-electron chi connectivity index (χ1n) is 15.0. The molecule has 210 valence electrons. The number of hydrogen-bond acceptors (Lipinski definition) is 4. The number of nitrogens with zero attached hydrogens (tertiary/aromatic N) is 3. The van der Waals surface area contributed by atoms with Crippen molar-refractivity contribution in [3.8, 4) is 28.3 Å². The van der Waals surface area contributed by atoms with E-state index in [0.29, 0.717) is 5.82 Å². The Morgan fingerprint density at radius 2 is 1.27 bits per heavy atom. The molecule has 4 aromatic heterocycles. The van der Waals surface area contributed by atoms with Crippen LogP contribution in [0.1, 0.15) is 0 Å². The average molecular weight is 594 g/mol. The molecule has 5 heteroatoms. The summed E-state index contributed by atoms with van der Waals surface area (Å²) in [5, 5.41) is 5.70. The highest BCUT2D eigenvalue weighted by Gasteiger charge is 2.23. The van der Waals surface area contributed by atoms with Gasteiger partial charge in [-0.3, -0.25) is 0 Å². The van der Waals surface area contributed by atoms with Crippen molar-refractivity contribution >= 4 is 75.4 Å². The van der Waals surface area contributed by atoms with Gasteiger partial charge in [0.05, 0.1) is 32.6 Å². The molecule has 0 saturated carbocycles. The predicted molar refractivity (Wildman–Crippen MR) is 187 cm³/mol. The van der Waals surface area contributed by atoms with Crippen LogP contribution in [0.4, 0.5) is 0 Å². The van der Waals surface area contributed by atoms with Crippen molar-refractivity contribution in [1.29, 1.82) is 0 Å². The van der Waals surface area contributed by atoms with E-state index in [0.717, 1.165) is 76.5 Å². The van der Waals surface area contributed by atoms with E-state index < -0.39 is 0 Å². The summed E-state index contributed by atoms with van der Waals surface area (Å²) in [7, 11) is 0. The van der Waals surface area contributed by atoms with Gasteiger partial charge in [0.2, 0.25) is 0 Å². The molecule has 4 heterocycles. The van der Waals surface area contributed by atoms with Gasteiger partial charge in [-0.25, -0.2) is 9.97 Å². The highest BCUT2D eigenvalue weighted by Crippen LogP contribution is 2.43. The molecule has 0 fully saturated rings. The van der Waals surface area contributed by atoms with Crippen LogP contribution in [0.3, 0.4) is 0 Å². The zero-order chi connectivity index (χ0) is 29.5. The van der Waals surface area contributed by atoms with Gasteiger partial charge in [0.25, 0.3) is 0 Å². The molecule has 0 saturated heterocycles. The van der Waals surface area contributed by atoms with E-state index in [2.05, 4.69) is 126 Å². The molecule has 6 aromatic carbocycles. The second-order valence-corrected chi connectivity index (χ2v) is 12.4. The van der Waals surface area contributed by atoms with E-state index in [1.54, 1.807) is 11.3 Å². The van der Waals surface area contributed by atoms with E-state index in [1.165, 1.54) is 10.1 Å². The van der Waals surface area contributed by atoms with Gasteiger partial charge < -0.3 is 8.98 Å². The molecule has 0 amide bonds. The van der Waals surface area contributed by atoms with Gasteiger partial charge in [-0.15, -0.1) is 11.3 Å². The van der Waals surface area contributed by atoms with Crippen LogP contribution in [-0.4, -0.2) is 14.5 Å². The van der Waals surface area contributed by atoms with Crippen LogP contribution in [-0.2, 0) is 0 Å². The molecule has 4 nitrogen and oxygen atoms in total. The number of hydrogen-bond donors (Lipinski definition) is 0. The summed E-state index contributed by atoms with van der Waals surface area (Å²) >= 11 is 1.75. The maximum Gasteiger partial charge on any atom is 0.162 e. The lowest BCUT2D eigenvalue weighted by Crippen LogP contribution is -2.00. The molecule has 10 rings (SSSR count). The molecule has 0 aliphatic carbocycles. The lowest BCUT2D eigenvalue weighted by atomic mass is 10.1. The first-order chi connectivity index (χ1) is 22.3. The zero-order valence-electron chi connectivity index (χ0n) is 23.9. The van der Waals surface area contributed by atoms with E-state index in [1.807, 2.05) is 18.2 Å². The van der Waals surface area contributed by atoms with Crippen molar-refractivity contribution in [2.75, 3.05) is 0 Å². The lowest BCUT2D eigenvalue weighted by molar-refractivity contribution is 0.671. The summed E-state index contributed by atoms with van der Waals surface area (Å²) < 4.78 is 11.3. The zero-order valence-corrected chi connectivity index (χ0v) is 24.8. The summed E-state index contributed by atoms with van der Waals surface area (Å²) in [6, 6.07) is 48.7. The number of furan rings is 1. The number of thiophene rings is 1. The summed E-state index contributed by atoms with van der Waals surface area (Å²) in [6.45, 7) is 0. The van der Waals surface area contributed by atoms with Gasteiger partial charge in [-0.05, 0) is 36.4 Å². The van der Waals surface area contributed by atoms with Crippen molar-refractivity contribution in [3.63, 3.8) is 0 Å². The molecule has 10 aromatic rings. The van der Waals surface area contributed by atoms with Crippen molar-refractivity contribution in [2.45, 2.75) is 0 Å². The van der Waals surface area contributed by atoms with Gasteiger partial charge in [0.15, 0.2) is 11.4 Å². The molecule has 45 heavy (non-hydrogen) atoms. The Hall–Kier alpha value is -5.78. The third-order valence-electron chi connectivity index (χ3n) is 8.83. The van der Waals surface area contributed by atoms with Crippen molar-refractivity contribution in [2.24, 2.45) is 0 Å². The molecule has 0 aliphatic rings. The standard InChI is InChI=1S/C40H23N3OS/c1-2-12-24(13-3-1)35-39-36(30-17-7-11-21-34(30)45-39)42-40(41-35)29-16-5-9-19-32(29)43-31-18-8-4-14-25(31)27-22-23-28-26-15-6-10-20-33(26)44-38(28)37(27)43/h1-23H. The Morgan fingerprint density at radius 1 is 0.556 bits per heavy atom. The van der Waals surface area contributed by atoms with Gasteiger partial charge in [0, 0.05) is 42.8 Å². The van der Waals surface area contributed by atoms with Crippen LogP contribution in [0.25, 0.3) is 92.4 Å². The molecule has 0 atom stereocenters. The summed E-state index contributed by atoms with van der Waals surface area (Å²) in [6.07, 6.45) is 0. The fraction of sp³-hybridized carbons (Fsp3) is 0. The summed E-state index contributed by atoms with van der Waals surface area (Å²) in [4.78, 5) is 10.6. The normalized spacial score (nSPS) is 12.0. The minimum Gasteiger partial charge on any atom is -0.454 e. The van der Waals surface area contributed by atoms with E-state index in [4.69, 9.17) is 14.4 Å². The van der Waals surface area contributed by atoms with Crippen LogP contribution < -0.4 is 0 Å². The molecule has 0 aliphatic heterocycles. The Morgan fingerprint density at radius 3 is 2.18 bits per heavy atom. The Labute approximate surface area is 261 Å². The van der Waals surface area contributed by atoms with Crippen LogP contribution in [0.15, 0.2) is 144 Å². The van der Waals surface area contributed by atoms with Crippen LogP contribution in [0, 0.1) is 0 Å². The Balaban J connectivity index is 1.33. The SMILES string of the molecule is c1ccc(-c2nc(-c3ccccc3-n3c4ccccc4c4ccc5c6ccccc6oc5c43)nc3c2sc2ccccc23)cc1. The number of benzene rings is 6. The van der Waals surface area contributed by atoms with Gasteiger partial charge >= 0.3 is 0 Å². The number of para-hydroxylation sites is 3. The average Bonchev–Trinajstić information content (AvgIpc) is 3.78. The van der Waals surface area contributed by atoms with Crippen molar-refractivity contribution < 1.29 is 4.42 Å². The molecular formula is C40H23N3OS. The summed E-state index contributed by atoms with van der Waals surface area (Å²) in [5.74, 6) is 0.697. The second-order valence-electron chi connectivity index (χ2n) is 11.3. The Bertz CT molecular complexity index is 2770. The Kier molecular flexibility index (Phi) is 5.12. The third kappa shape index (κ3) is 3.53. The van der Waals surface area contributed by atoms with Gasteiger partial charge in [-0.1, -0.05) is 103 Å². The summed E-state index contributed by atoms with van der Waals surface area (Å²) in [5.41, 5.74) is 8.90. The molecule has 0 radical (unpaired) electrons. The minimum atomic E-state index is 0.697.